The smallest absolute Gasteiger partial charge is 0.407 e. The molecule has 0 aromatic heterocycles. The van der Waals surface area contributed by atoms with Gasteiger partial charge in [-0.05, 0) is 27.2 Å². The molecule has 0 spiro atoms. The summed E-state index contributed by atoms with van der Waals surface area (Å²) in [6.07, 6.45) is 0.0437. The summed E-state index contributed by atoms with van der Waals surface area (Å²) in [5, 5.41) is 2.70. The van der Waals surface area contributed by atoms with Gasteiger partial charge in [0.1, 0.15) is 11.5 Å². The monoisotopic (exact) mass is 259 g/mol. The Labute approximate surface area is 107 Å². The van der Waals surface area contributed by atoms with Gasteiger partial charge in [-0.25, -0.2) is 4.79 Å². The predicted octanol–water partition coefficient (Wildman–Crippen LogP) is 1.09. The third kappa shape index (κ3) is 4.52. The Bertz CT molecular complexity index is 310. The summed E-state index contributed by atoms with van der Waals surface area (Å²) in [6, 6.07) is -0.305. The summed E-state index contributed by atoms with van der Waals surface area (Å²) in [5.74, 6) is -0.855. The molecule has 6 heteroatoms. The molecule has 0 aromatic rings. The van der Waals surface area contributed by atoms with E-state index < -0.39 is 17.6 Å². The van der Waals surface area contributed by atoms with Gasteiger partial charge in [0.05, 0.1) is 13.7 Å². The number of amides is 1. The molecular weight excluding hydrogens is 238 g/mol. The van der Waals surface area contributed by atoms with E-state index in [1.54, 1.807) is 20.8 Å². The van der Waals surface area contributed by atoms with E-state index in [0.29, 0.717) is 13.0 Å². The lowest BCUT2D eigenvalue weighted by Gasteiger charge is -2.31. The normalized spacial score (nSPS) is 24.2. The van der Waals surface area contributed by atoms with Crippen molar-refractivity contribution < 1.29 is 23.8 Å². The maximum Gasteiger partial charge on any atom is 0.407 e. The maximum atomic E-state index is 11.7. The topological polar surface area (TPSA) is 73.9 Å². The second-order valence-corrected chi connectivity index (χ2v) is 5.25. The highest BCUT2D eigenvalue weighted by Crippen LogP contribution is 2.17. The average Bonchev–Trinajstić information content (AvgIpc) is 2.26. The zero-order chi connectivity index (χ0) is 13.8. The lowest BCUT2D eigenvalue weighted by Crippen LogP contribution is -2.50. The number of carbonyl (C=O) groups excluding carboxylic acids is 2. The lowest BCUT2D eigenvalue weighted by atomic mass is 9.96. The molecule has 0 radical (unpaired) electrons. The van der Waals surface area contributed by atoms with Crippen LogP contribution in [0.3, 0.4) is 0 Å². The van der Waals surface area contributed by atoms with Gasteiger partial charge in [-0.1, -0.05) is 0 Å². The molecule has 0 aromatic carbocycles. The molecule has 1 N–H and O–H groups in total. The fourth-order valence-electron chi connectivity index (χ4n) is 1.75. The molecule has 1 saturated heterocycles. The highest BCUT2D eigenvalue weighted by Gasteiger charge is 2.34. The molecule has 1 aliphatic heterocycles. The molecule has 1 heterocycles. The van der Waals surface area contributed by atoms with Gasteiger partial charge in [-0.3, -0.25) is 4.79 Å². The SMILES string of the molecule is COC(=O)[C@H]1COCC[C@H]1NC(=O)OC(C)(C)C. The van der Waals surface area contributed by atoms with Crippen molar-refractivity contribution in [3.63, 3.8) is 0 Å². The number of esters is 1. The Hall–Kier alpha value is -1.30. The Kier molecular flexibility index (Phi) is 4.95. The van der Waals surface area contributed by atoms with Gasteiger partial charge >= 0.3 is 12.1 Å². The standard InChI is InChI=1S/C12H21NO5/c1-12(2,3)18-11(15)13-9-5-6-17-7-8(9)10(14)16-4/h8-9H,5-7H2,1-4H3,(H,13,15)/t8-,9+/m0/s1. The van der Waals surface area contributed by atoms with Crippen LogP contribution in [0, 0.1) is 5.92 Å². The van der Waals surface area contributed by atoms with Crippen LogP contribution >= 0.6 is 0 Å². The molecule has 0 aliphatic carbocycles. The fraction of sp³-hybridized carbons (Fsp3) is 0.833. The third-order valence-corrected chi connectivity index (χ3v) is 2.56. The number of nitrogens with one attached hydrogen (secondary N) is 1. The molecule has 6 nitrogen and oxygen atoms in total. The van der Waals surface area contributed by atoms with E-state index in [1.165, 1.54) is 7.11 Å². The highest BCUT2D eigenvalue weighted by atomic mass is 16.6. The van der Waals surface area contributed by atoms with E-state index in [4.69, 9.17) is 14.2 Å². The summed E-state index contributed by atoms with van der Waals surface area (Å²) in [4.78, 5) is 23.2. The molecule has 0 saturated carbocycles. The van der Waals surface area contributed by atoms with Gasteiger partial charge in [0.15, 0.2) is 0 Å². The largest absolute Gasteiger partial charge is 0.469 e. The summed E-state index contributed by atoms with van der Waals surface area (Å²) >= 11 is 0. The van der Waals surface area contributed by atoms with Crippen molar-refractivity contribution in [3.05, 3.63) is 0 Å². The second-order valence-electron chi connectivity index (χ2n) is 5.25. The summed E-state index contributed by atoms with van der Waals surface area (Å²) in [7, 11) is 1.32. The van der Waals surface area contributed by atoms with Crippen LogP contribution in [0.25, 0.3) is 0 Å². The summed E-state index contributed by atoms with van der Waals surface area (Å²) in [6.45, 7) is 6.12. The van der Waals surface area contributed by atoms with E-state index in [9.17, 15) is 9.59 Å². The summed E-state index contributed by atoms with van der Waals surface area (Å²) in [5.41, 5.74) is -0.560. The number of alkyl carbamates (subject to hydrolysis) is 1. The van der Waals surface area contributed by atoms with Gasteiger partial charge in [0, 0.05) is 12.6 Å². The minimum atomic E-state index is -0.560. The van der Waals surface area contributed by atoms with Crippen LogP contribution in [-0.4, -0.2) is 44.0 Å². The van der Waals surface area contributed by atoms with Crippen LogP contribution in [-0.2, 0) is 19.0 Å². The zero-order valence-corrected chi connectivity index (χ0v) is 11.3. The molecule has 18 heavy (non-hydrogen) atoms. The van der Waals surface area contributed by atoms with Crippen LogP contribution in [0.15, 0.2) is 0 Å². The molecule has 1 amide bonds. The number of rotatable bonds is 2. The van der Waals surface area contributed by atoms with Crippen LogP contribution in [0.1, 0.15) is 27.2 Å². The Morgan fingerprint density at radius 3 is 2.56 bits per heavy atom. The van der Waals surface area contributed by atoms with E-state index in [-0.39, 0.29) is 18.6 Å². The maximum absolute atomic E-state index is 11.7. The Balaban J connectivity index is 2.57. The Morgan fingerprint density at radius 2 is 2.00 bits per heavy atom. The first-order chi connectivity index (χ1) is 8.33. The lowest BCUT2D eigenvalue weighted by molar-refractivity contribution is -0.151. The number of carbonyl (C=O) groups is 2. The number of hydrogen-bond donors (Lipinski definition) is 1. The van der Waals surface area contributed by atoms with E-state index >= 15 is 0 Å². The van der Waals surface area contributed by atoms with Crippen LogP contribution in [0.2, 0.25) is 0 Å². The van der Waals surface area contributed by atoms with Gasteiger partial charge < -0.3 is 19.5 Å². The van der Waals surface area contributed by atoms with Crippen molar-refractivity contribution in [1.29, 1.82) is 0 Å². The van der Waals surface area contributed by atoms with Crippen molar-refractivity contribution in [1.82, 2.24) is 5.32 Å². The van der Waals surface area contributed by atoms with E-state index in [1.807, 2.05) is 0 Å². The van der Waals surface area contributed by atoms with Crippen molar-refractivity contribution in [2.24, 2.45) is 5.92 Å². The summed E-state index contributed by atoms with van der Waals surface area (Å²) < 4.78 is 15.1. The highest BCUT2D eigenvalue weighted by molar-refractivity contribution is 5.75. The van der Waals surface area contributed by atoms with Crippen molar-refractivity contribution in [2.45, 2.75) is 38.8 Å². The number of hydrogen-bond acceptors (Lipinski definition) is 5. The molecule has 2 atom stereocenters. The van der Waals surface area contributed by atoms with Crippen LogP contribution in [0.4, 0.5) is 4.79 Å². The first-order valence-corrected chi connectivity index (χ1v) is 5.98. The first-order valence-electron chi connectivity index (χ1n) is 5.98. The van der Waals surface area contributed by atoms with Crippen molar-refractivity contribution in [2.75, 3.05) is 20.3 Å². The number of ether oxygens (including phenoxy) is 3. The number of methoxy groups -OCH3 is 1. The van der Waals surface area contributed by atoms with Crippen LogP contribution in [0.5, 0.6) is 0 Å². The average molecular weight is 259 g/mol. The van der Waals surface area contributed by atoms with Crippen molar-refractivity contribution >= 4 is 12.1 Å². The van der Waals surface area contributed by atoms with Gasteiger partial charge in [0.25, 0.3) is 0 Å². The van der Waals surface area contributed by atoms with Gasteiger partial charge in [0.2, 0.25) is 0 Å². The van der Waals surface area contributed by atoms with E-state index in [2.05, 4.69) is 5.32 Å². The molecule has 1 aliphatic rings. The van der Waals surface area contributed by atoms with Crippen molar-refractivity contribution in [3.8, 4) is 0 Å². The van der Waals surface area contributed by atoms with Gasteiger partial charge in [-0.15, -0.1) is 0 Å². The van der Waals surface area contributed by atoms with Crippen LogP contribution < -0.4 is 5.32 Å². The second kappa shape index (κ2) is 6.04. The fourth-order valence-corrected chi connectivity index (χ4v) is 1.75. The molecule has 1 rings (SSSR count). The Morgan fingerprint density at radius 1 is 1.33 bits per heavy atom. The van der Waals surface area contributed by atoms with E-state index in [0.717, 1.165) is 0 Å². The molecule has 0 unspecified atom stereocenters. The molecular formula is C12H21NO5. The van der Waals surface area contributed by atoms with Gasteiger partial charge in [-0.2, -0.15) is 0 Å². The minimum Gasteiger partial charge on any atom is -0.469 e. The molecule has 1 fully saturated rings. The predicted molar refractivity (Wildman–Crippen MR) is 64.1 cm³/mol. The zero-order valence-electron chi connectivity index (χ0n) is 11.3. The first kappa shape index (κ1) is 14.8. The molecule has 0 bridgehead atoms. The molecule has 104 valence electrons. The quantitative estimate of drug-likeness (QED) is 0.751. The minimum absolute atomic E-state index is 0.257. The third-order valence-electron chi connectivity index (χ3n) is 2.56.